The van der Waals surface area contributed by atoms with Crippen LogP contribution in [0.25, 0.3) is 0 Å². The molecule has 0 fully saturated rings. The third-order valence-corrected chi connectivity index (χ3v) is 3.09. The number of nitrogens with zero attached hydrogens (tertiary/aromatic N) is 2. The van der Waals surface area contributed by atoms with Gasteiger partial charge in [0.15, 0.2) is 0 Å². The third-order valence-electron chi connectivity index (χ3n) is 3.09. The fourth-order valence-electron chi connectivity index (χ4n) is 1.94. The van der Waals surface area contributed by atoms with Crippen LogP contribution in [-0.2, 0) is 6.54 Å². The third kappa shape index (κ3) is 5.10. The van der Waals surface area contributed by atoms with E-state index in [0.29, 0.717) is 17.8 Å². The molecule has 0 aliphatic heterocycles. The summed E-state index contributed by atoms with van der Waals surface area (Å²) in [6.45, 7) is 0.869. The highest BCUT2D eigenvalue weighted by atomic mass is 19.1. The molecule has 7 nitrogen and oxygen atoms in total. The van der Waals surface area contributed by atoms with E-state index in [-0.39, 0.29) is 30.8 Å². The maximum atomic E-state index is 13.1. The predicted octanol–water partition coefficient (Wildman–Crippen LogP) is 1.12. The Hall–Kier alpha value is -2.90. The molecule has 2 rings (SSSR count). The predicted molar refractivity (Wildman–Crippen MR) is 82.2 cm³/mol. The van der Waals surface area contributed by atoms with Crippen LogP contribution in [0.3, 0.4) is 0 Å². The van der Waals surface area contributed by atoms with Crippen molar-refractivity contribution in [3.8, 4) is 0 Å². The Morgan fingerprint density at radius 2 is 2.04 bits per heavy atom. The van der Waals surface area contributed by atoms with Crippen LogP contribution < -0.4 is 10.6 Å². The SMILES string of the molecule is CN(Cc1cccc(F)c1)C(=O)NCCNC(=O)c1ccn[nH]1. The Morgan fingerprint density at radius 1 is 1.26 bits per heavy atom. The van der Waals surface area contributed by atoms with E-state index >= 15 is 0 Å². The zero-order chi connectivity index (χ0) is 16.7. The number of H-pyrrole nitrogens is 1. The lowest BCUT2D eigenvalue weighted by atomic mass is 10.2. The fourth-order valence-corrected chi connectivity index (χ4v) is 1.94. The number of carbonyl (C=O) groups is 2. The molecule has 0 atom stereocenters. The average molecular weight is 319 g/mol. The van der Waals surface area contributed by atoms with Gasteiger partial charge in [0.05, 0.1) is 0 Å². The number of aromatic nitrogens is 2. The highest BCUT2D eigenvalue weighted by Crippen LogP contribution is 2.06. The maximum absolute atomic E-state index is 13.1. The van der Waals surface area contributed by atoms with Gasteiger partial charge >= 0.3 is 6.03 Å². The Bertz CT molecular complexity index is 660. The van der Waals surface area contributed by atoms with Crippen molar-refractivity contribution in [3.05, 3.63) is 53.6 Å². The summed E-state index contributed by atoms with van der Waals surface area (Å²) in [6.07, 6.45) is 1.48. The van der Waals surface area contributed by atoms with Gasteiger partial charge in [0, 0.05) is 32.9 Å². The van der Waals surface area contributed by atoms with Crippen LogP contribution in [0.1, 0.15) is 16.1 Å². The van der Waals surface area contributed by atoms with E-state index in [2.05, 4.69) is 20.8 Å². The Kier molecular flexibility index (Phi) is 5.67. The van der Waals surface area contributed by atoms with Crippen LogP contribution in [0.15, 0.2) is 36.5 Å². The number of nitrogens with one attached hydrogen (secondary N) is 3. The first kappa shape index (κ1) is 16.5. The summed E-state index contributed by atoms with van der Waals surface area (Å²) in [5.74, 6) is -0.623. The Morgan fingerprint density at radius 3 is 2.74 bits per heavy atom. The zero-order valence-electron chi connectivity index (χ0n) is 12.7. The van der Waals surface area contributed by atoms with Gasteiger partial charge in [0.1, 0.15) is 11.5 Å². The van der Waals surface area contributed by atoms with Crippen molar-refractivity contribution in [3.63, 3.8) is 0 Å². The molecule has 1 aromatic heterocycles. The number of halogens is 1. The number of benzene rings is 1. The Labute approximate surface area is 132 Å². The van der Waals surface area contributed by atoms with Crippen molar-refractivity contribution >= 4 is 11.9 Å². The number of hydrogen-bond acceptors (Lipinski definition) is 3. The van der Waals surface area contributed by atoms with Crippen molar-refractivity contribution in [1.82, 2.24) is 25.7 Å². The number of rotatable bonds is 6. The van der Waals surface area contributed by atoms with E-state index in [1.54, 1.807) is 25.2 Å². The number of aromatic amines is 1. The summed E-state index contributed by atoms with van der Waals surface area (Å²) in [6, 6.07) is 7.34. The van der Waals surface area contributed by atoms with Crippen molar-refractivity contribution in [2.24, 2.45) is 0 Å². The molecule has 1 aromatic carbocycles. The van der Waals surface area contributed by atoms with Gasteiger partial charge in [0.2, 0.25) is 0 Å². The fraction of sp³-hybridized carbons (Fsp3) is 0.267. The van der Waals surface area contributed by atoms with Gasteiger partial charge in [-0.25, -0.2) is 9.18 Å². The van der Waals surface area contributed by atoms with Crippen LogP contribution >= 0.6 is 0 Å². The smallest absolute Gasteiger partial charge is 0.317 e. The molecule has 0 saturated carbocycles. The normalized spacial score (nSPS) is 10.2. The van der Waals surface area contributed by atoms with Crippen molar-refractivity contribution in [2.45, 2.75) is 6.54 Å². The lowest BCUT2D eigenvalue weighted by Crippen LogP contribution is -2.41. The maximum Gasteiger partial charge on any atom is 0.317 e. The van der Waals surface area contributed by atoms with Crippen molar-refractivity contribution in [1.29, 1.82) is 0 Å². The standard InChI is InChI=1S/C15H18FN5O2/c1-21(10-11-3-2-4-12(16)9-11)15(23)18-8-7-17-14(22)13-5-6-19-20-13/h2-6,9H,7-8,10H2,1H3,(H,17,22)(H,18,23)(H,19,20). The van der Waals surface area contributed by atoms with Crippen molar-refractivity contribution < 1.29 is 14.0 Å². The van der Waals surface area contributed by atoms with Crippen LogP contribution in [0, 0.1) is 5.82 Å². The molecule has 8 heteroatoms. The van der Waals surface area contributed by atoms with Crippen molar-refractivity contribution in [2.75, 3.05) is 20.1 Å². The van der Waals surface area contributed by atoms with Gasteiger partial charge in [-0.3, -0.25) is 9.89 Å². The molecule has 0 radical (unpaired) electrons. The summed E-state index contributed by atoms with van der Waals surface area (Å²) < 4.78 is 13.1. The van der Waals surface area contributed by atoms with Gasteiger partial charge in [-0.15, -0.1) is 0 Å². The van der Waals surface area contributed by atoms with E-state index in [4.69, 9.17) is 0 Å². The minimum absolute atomic E-state index is 0.284. The van der Waals surface area contributed by atoms with E-state index in [9.17, 15) is 14.0 Å². The molecule has 2 aromatic rings. The first-order chi connectivity index (χ1) is 11.1. The number of carbonyl (C=O) groups excluding carboxylic acids is 2. The van der Waals surface area contributed by atoms with Gasteiger partial charge in [0.25, 0.3) is 5.91 Å². The van der Waals surface area contributed by atoms with E-state index in [1.165, 1.54) is 23.2 Å². The van der Waals surface area contributed by atoms with E-state index in [0.717, 1.165) is 0 Å². The van der Waals surface area contributed by atoms with Gasteiger partial charge < -0.3 is 15.5 Å². The lowest BCUT2D eigenvalue weighted by molar-refractivity contribution is 0.0948. The quantitative estimate of drug-likeness (QED) is 0.697. The van der Waals surface area contributed by atoms with Crippen LogP contribution in [0.2, 0.25) is 0 Å². The van der Waals surface area contributed by atoms with E-state index in [1.807, 2.05) is 0 Å². The zero-order valence-corrected chi connectivity index (χ0v) is 12.7. The summed E-state index contributed by atoms with van der Waals surface area (Å²) in [7, 11) is 1.61. The first-order valence-corrected chi connectivity index (χ1v) is 7.07. The lowest BCUT2D eigenvalue weighted by Gasteiger charge is -2.18. The molecule has 122 valence electrons. The van der Waals surface area contributed by atoms with Gasteiger partial charge in [-0.05, 0) is 23.8 Å². The second-order valence-corrected chi connectivity index (χ2v) is 4.94. The number of amides is 3. The van der Waals surface area contributed by atoms with Gasteiger partial charge in [-0.2, -0.15) is 5.10 Å². The molecule has 3 N–H and O–H groups in total. The summed E-state index contributed by atoms with van der Waals surface area (Å²) in [4.78, 5) is 25.0. The monoisotopic (exact) mass is 319 g/mol. The molecular weight excluding hydrogens is 301 g/mol. The molecule has 0 aliphatic carbocycles. The highest BCUT2D eigenvalue weighted by Gasteiger charge is 2.09. The summed E-state index contributed by atoms with van der Waals surface area (Å²) in [5, 5.41) is 11.5. The molecule has 0 bridgehead atoms. The summed E-state index contributed by atoms with van der Waals surface area (Å²) in [5.41, 5.74) is 1.06. The van der Waals surface area contributed by atoms with Crippen LogP contribution in [-0.4, -0.2) is 47.2 Å². The largest absolute Gasteiger partial charge is 0.349 e. The molecular formula is C15H18FN5O2. The topological polar surface area (TPSA) is 90.1 Å². The number of hydrogen-bond donors (Lipinski definition) is 3. The van der Waals surface area contributed by atoms with Gasteiger partial charge in [-0.1, -0.05) is 12.1 Å². The second kappa shape index (κ2) is 7.92. The van der Waals surface area contributed by atoms with Crippen LogP contribution in [0.4, 0.5) is 9.18 Å². The molecule has 23 heavy (non-hydrogen) atoms. The Balaban J connectivity index is 1.69. The van der Waals surface area contributed by atoms with Crippen LogP contribution in [0.5, 0.6) is 0 Å². The average Bonchev–Trinajstić information content (AvgIpc) is 3.05. The second-order valence-electron chi connectivity index (χ2n) is 4.94. The number of urea groups is 1. The molecule has 0 aliphatic rings. The first-order valence-electron chi connectivity index (χ1n) is 7.07. The summed E-state index contributed by atoms with van der Waals surface area (Å²) >= 11 is 0. The molecule has 0 unspecified atom stereocenters. The molecule has 0 spiro atoms. The molecule has 3 amide bonds. The highest BCUT2D eigenvalue weighted by molar-refractivity contribution is 5.92. The minimum atomic E-state index is -0.335. The minimum Gasteiger partial charge on any atom is -0.349 e. The molecule has 1 heterocycles. The van der Waals surface area contributed by atoms with E-state index < -0.39 is 0 Å². The molecule has 0 saturated heterocycles.